The number of hydrogen-bond acceptors (Lipinski definition) is 6. The van der Waals surface area contributed by atoms with Crippen molar-refractivity contribution in [2.75, 3.05) is 46.4 Å². The second-order valence-electron chi connectivity index (χ2n) is 5.71. The number of piperazine rings is 1. The number of benzene rings is 1. The predicted octanol–water partition coefficient (Wildman–Crippen LogP) is 0.552. The number of amides is 1. The van der Waals surface area contributed by atoms with Crippen molar-refractivity contribution in [2.45, 2.75) is 0 Å². The third kappa shape index (κ3) is 3.27. The van der Waals surface area contributed by atoms with Crippen molar-refractivity contribution in [1.82, 2.24) is 9.80 Å². The van der Waals surface area contributed by atoms with Crippen molar-refractivity contribution < 1.29 is 19.1 Å². The molecule has 0 saturated carbocycles. The molecule has 1 saturated heterocycles. The summed E-state index contributed by atoms with van der Waals surface area (Å²) in [5.41, 5.74) is -0.203. The second-order valence-corrected chi connectivity index (χ2v) is 5.71. The molecule has 1 N–H and O–H groups in total. The predicted molar refractivity (Wildman–Crippen MR) is 88.5 cm³/mol. The van der Waals surface area contributed by atoms with Crippen LogP contribution in [0.25, 0.3) is 11.0 Å². The summed E-state index contributed by atoms with van der Waals surface area (Å²) in [6.07, 6.45) is 0. The van der Waals surface area contributed by atoms with Crippen LogP contribution in [0, 0.1) is 0 Å². The highest BCUT2D eigenvalue weighted by Gasteiger charge is 2.24. The maximum Gasteiger partial charge on any atom is 0.349 e. The lowest BCUT2D eigenvalue weighted by Gasteiger charge is -2.34. The van der Waals surface area contributed by atoms with Gasteiger partial charge in [-0.15, -0.1) is 0 Å². The number of aliphatic hydroxyl groups is 1. The van der Waals surface area contributed by atoms with Crippen LogP contribution < -0.4 is 10.4 Å². The monoisotopic (exact) mass is 332 g/mol. The summed E-state index contributed by atoms with van der Waals surface area (Å²) in [5.74, 6) is 0.273. The first-order chi connectivity index (χ1) is 11.6. The van der Waals surface area contributed by atoms with Crippen LogP contribution in [0.3, 0.4) is 0 Å². The molecule has 1 aliphatic heterocycles. The van der Waals surface area contributed by atoms with E-state index in [0.717, 1.165) is 0 Å². The fourth-order valence-corrected chi connectivity index (χ4v) is 2.85. The number of hydrogen-bond donors (Lipinski definition) is 1. The first-order valence-electron chi connectivity index (χ1n) is 7.87. The molecule has 7 heteroatoms. The van der Waals surface area contributed by atoms with Gasteiger partial charge in [-0.1, -0.05) is 0 Å². The lowest BCUT2D eigenvalue weighted by Crippen LogP contribution is -2.49. The first kappa shape index (κ1) is 16.5. The van der Waals surface area contributed by atoms with Crippen molar-refractivity contribution in [3.05, 3.63) is 40.2 Å². The number of β-amino-alcohol motifs (C(OH)–C–C–N with tert-alkyl or cyclic N) is 1. The van der Waals surface area contributed by atoms with E-state index in [4.69, 9.17) is 14.3 Å². The Kier molecular flexibility index (Phi) is 4.82. The number of ether oxygens (including phenoxy) is 1. The molecule has 0 unspecified atom stereocenters. The van der Waals surface area contributed by atoms with E-state index >= 15 is 0 Å². The van der Waals surface area contributed by atoms with Crippen LogP contribution in [0.1, 0.15) is 10.4 Å². The molecule has 1 fully saturated rings. The zero-order valence-corrected chi connectivity index (χ0v) is 13.5. The average molecular weight is 332 g/mol. The van der Waals surface area contributed by atoms with E-state index in [1.54, 1.807) is 29.2 Å². The summed E-state index contributed by atoms with van der Waals surface area (Å²) in [4.78, 5) is 28.5. The molecule has 0 atom stereocenters. The highest BCUT2D eigenvalue weighted by atomic mass is 16.5. The maximum atomic E-state index is 12.6. The van der Waals surface area contributed by atoms with Gasteiger partial charge in [0.05, 0.1) is 13.7 Å². The Morgan fingerprint density at radius 2 is 2.00 bits per heavy atom. The zero-order valence-electron chi connectivity index (χ0n) is 13.5. The van der Waals surface area contributed by atoms with Crippen LogP contribution in [0.4, 0.5) is 0 Å². The highest BCUT2D eigenvalue weighted by Crippen LogP contribution is 2.20. The molecule has 24 heavy (non-hydrogen) atoms. The third-order valence-corrected chi connectivity index (χ3v) is 4.25. The fourth-order valence-electron chi connectivity index (χ4n) is 2.85. The number of carbonyl (C=O) groups excluding carboxylic acids is 1. The van der Waals surface area contributed by atoms with Gasteiger partial charge in [-0.2, -0.15) is 0 Å². The molecule has 7 nitrogen and oxygen atoms in total. The largest absolute Gasteiger partial charge is 0.497 e. The molecule has 0 spiro atoms. The quantitative estimate of drug-likeness (QED) is 0.824. The Labute approximate surface area is 139 Å². The third-order valence-electron chi connectivity index (χ3n) is 4.25. The number of aliphatic hydroxyl groups excluding tert-OH is 1. The molecule has 2 heterocycles. The van der Waals surface area contributed by atoms with E-state index in [2.05, 4.69) is 4.90 Å². The van der Waals surface area contributed by atoms with Gasteiger partial charge in [-0.05, 0) is 18.2 Å². The van der Waals surface area contributed by atoms with E-state index in [1.165, 1.54) is 7.11 Å². The van der Waals surface area contributed by atoms with Crippen molar-refractivity contribution in [1.29, 1.82) is 0 Å². The Hall–Kier alpha value is -2.38. The Balaban J connectivity index is 1.82. The molecular formula is C17H20N2O5. The van der Waals surface area contributed by atoms with Gasteiger partial charge in [0.1, 0.15) is 16.9 Å². The van der Waals surface area contributed by atoms with Crippen LogP contribution in [-0.4, -0.2) is 67.3 Å². The van der Waals surface area contributed by atoms with Gasteiger partial charge in [0, 0.05) is 44.2 Å². The van der Waals surface area contributed by atoms with Gasteiger partial charge in [-0.3, -0.25) is 9.69 Å². The van der Waals surface area contributed by atoms with Crippen LogP contribution >= 0.6 is 0 Å². The van der Waals surface area contributed by atoms with Gasteiger partial charge in [0.15, 0.2) is 0 Å². The van der Waals surface area contributed by atoms with E-state index < -0.39 is 5.63 Å². The molecule has 1 aromatic heterocycles. The van der Waals surface area contributed by atoms with Crippen molar-refractivity contribution in [2.24, 2.45) is 0 Å². The zero-order chi connectivity index (χ0) is 17.1. The molecule has 1 amide bonds. The van der Waals surface area contributed by atoms with Gasteiger partial charge < -0.3 is 19.2 Å². The van der Waals surface area contributed by atoms with Gasteiger partial charge in [0.2, 0.25) is 0 Å². The van der Waals surface area contributed by atoms with Gasteiger partial charge >= 0.3 is 5.63 Å². The maximum absolute atomic E-state index is 12.6. The number of fused-ring (bicyclic) bond motifs is 1. The Morgan fingerprint density at radius 3 is 2.67 bits per heavy atom. The summed E-state index contributed by atoms with van der Waals surface area (Å²) in [6.45, 7) is 3.12. The van der Waals surface area contributed by atoms with E-state index in [1.807, 2.05) is 0 Å². The van der Waals surface area contributed by atoms with E-state index in [9.17, 15) is 9.59 Å². The van der Waals surface area contributed by atoms with E-state index in [-0.39, 0.29) is 18.1 Å². The normalized spacial score (nSPS) is 15.7. The molecule has 0 aliphatic carbocycles. The molecular weight excluding hydrogens is 312 g/mol. The lowest BCUT2D eigenvalue weighted by molar-refractivity contribution is 0.0611. The van der Waals surface area contributed by atoms with Crippen molar-refractivity contribution in [3.8, 4) is 5.75 Å². The molecule has 0 bridgehead atoms. The number of methoxy groups -OCH3 is 1. The summed E-state index contributed by atoms with van der Waals surface area (Å²) in [6, 6.07) is 6.71. The van der Waals surface area contributed by atoms with Crippen molar-refractivity contribution in [3.63, 3.8) is 0 Å². The molecule has 0 radical (unpaired) electrons. The molecule has 1 aliphatic rings. The highest BCUT2D eigenvalue weighted by molar-refractivity contribution is 5.96. The smallest absolute Gasteiger partial charge is 0.349 e. The standard InChI is InChI=1S/C17H20N2O5/c1-23-13-3-2-12-10-14(17(22)24-15(12)11-13)16(21)19-6-4-18(5-7-19)8-9-20/h2-3,10-11,20H,4-9H2,1H3. The number of nitrogens with zero attached hydrogens (tertiary/aromatic N) is 2. The Bertz CT molecular complexity index is 793. The second kappa shape index (κ2) is 7.02. The average Bonchev–Trinajstić information content (AvgIpc) is 2.61. The Morgan fingerprint density at radius 1 is 1.25 bits per heavy atom. The molecule has 2 aromatic rings. The van der Waals surface area contributed by atoms with Crippen LogP contribution in [0.5, 0.6) is 5.75 Å². The summed E-state index contributed by atoms with van der Waals surface area (Å²) >= 11 is 0. The molecule has 1 aromatic carbocycles. The lowest BCUT2D eigenvalue weighted by atomic mass is 10.1. The first-order valence-corrected chi connectivity index (χ1v) is 7.87. The van der Waals surface area contributed by atoms with E-state index in [0.29, 0.717) is 49.4 Å². The van der Waals surface area contributed by atoms with Crippen LogP contribution in [0.2, 0.25) is 0 Å². The van der Waals surface area contributed by atoms with Crippen LogP contribution in [0.15, 0.2) is 33.5 Å². The molecule has 3 rings (SSSR count). The summed E-state index contributed by atoms with van der Waals surface area (Å²) < 4.78 is 10.4. The minimum absolute atomic E-state index is 0.0447. The topological polar surface area (TPSA) is 83.2 Å². The minimum Gasteiger partial charge on any atom is -0.497 e. The van der Waals surface area contributed by atoms with Gasteiger partial charge in [0.25, 0.3) is 5.91 Å². The fraction of sp³-hybridized carbons (Fsp3) is 0.412. The van der Waals surface area contributed by atoms with Crippen LogP contribution in [-0.2, 0) is 0 Å². The van der Waals surface area contributed by atoms with Crippen molar-refractivity contribution >= 4 is 16.9 Å². The summed E-state index contributed by atoms with van der Waals surface area (Å²) in [5, 5.41) is 9.64. The number of rotatable bonds is 4. The molecule has 128 valence electrons. The SMILES string of the molecule is COc1ccc2cc(C(=O)N3CCN(CCO)CC3)c(=O)oc2c1. The summed E-state index contributed by atoms with van der Waals surface area (Å²) in [7, 11) is 1.54. The minimum atomic E-state index is -0.640. The number of carbonyl (C=O) groups is 1. The van der Waals surface area contributed by atoms with Gasteiger partial charge in [-0.25, -0.2) is 4.79 Å².